The standard InChI is InChI=1S/C9H11N3O4S/c13-5-1-2-8(14)11-10-6-7-3-4-9(17-7)12(15)16/h3-4,6,13H,1-2,5H2,(H,11,14)/b10-6-. The number of carbonyl (C=O) groups excluding carboxylic acids is 1. The summed E-state index contributed by atoms with van der Waals surface area (Å²) >= 11 is 0.971. The van der Waals surface area contributed by atoms with Crippen LogP contribution in [0.5, 0.6) is 0 Å². The first kappa shape index (κ1) is 13.3. The summed E-state index contributed by atoms with van der Waals surface area (Å²) in [5.41, 5.74) is 2.26. The first-order valence-corrected chi connectivity index (χ1v) is 5.62. The van der Waals surface area contributed by atoms with Crippen molar-refractivity contribution in [3.05, 3.63) is 27.1 Å². The van der Waals surface area contributed by atoms with Crippen LogP contribution in [0.1, 0.15) is 17.7 Å². The summed E-state index contributed by atoms with van der Waals surface area (Å²) < 4.78 is 0. The monoisotopic (exact) mass is 257 g/mol. The Morgan fingerprint density at radius 3 is 3.00 bits per heavy atom. The minimum atomic E-state index is -0.484. The molecule has 92 valence electrons. The van der Waals surface area contributed by atoms with Crippen LogP contribution in [0.25, 0.3) is 0 Å². The number of aliphatic hydroxyl groups excluding tert-OH is 1. The van der Waals surface area contributed by atoms with Crippen LogP contribution >= 0.6 is 11.3 Å². The highest BCUT2D eigenvalue weighted by molar-refractivity contribution is 7.16. The van der Waals surface area contributed by atoms with Crippen LogP contribution in [0.4, 0.5) is 5.00 Å². The van der Waals surface area contributed by atoms with Crippen molar-refractivity contribution in [2.75, 3.05) is 6.61 Å². The number of carbonyl (C=O) groups is 1. The van der Waals surface area contributed by atoms with Crippen LogP contribution in [0.3, 0.4) is 0 Å². The minimum absolute atomic E-state index is 0.0260. The van der Waals surface area contributed by atoms with Crippen LogP contribution < -0.4 is 5.43 Å². The topological polar surface area (TPSA) is 105 Å². The molecule has 0 unspecified atom stereocenters. The number of nitrogens with zero attached hydrogens (tertiary/aromatic N) is 2. The van der Waals surface area contributed by atoms with Gasteiger partial charge >= 0.3 is 5.00 Å². The second kappa shape index (κ2) is 6.71. The van der Waals surface area contributed by atoms with Crippen molar-refractivity contribution in [3.63, 3.8) is 0 Å². The summed E-state index contributed by atoms with van der Waals surface area (Å²) in [6.45, 7) is -0.0474. The molecule has 8 heteroatoms. The van der Waals surface area contributed by atoms with E-state index in [2.05, 4.69) is 10.5 Å². The molecule has 0 fully saturated rings. The maximum atomic E-state index is 11.1. The average Bonchev–Trinajstić information content (AvgIpc) is 2.75. The maximum absolute atomic E-state index is 11.1. The van der Waals surface area contributed by atoms with Crippen LogP contribution in [0.15, 0.2) is 17.2 Å². The molecule has 7 nitrogen and oxygen atoms in total. The molecular formula is C9H11N3O4S. The maximum Gasteiger partial charge on any atom is 0.324 e. The van der Waals surface area contributed by atoms with E-state index in [1.165, 1.54) is 12.3 Å². The van der Waals surface area contributed by atoms with Crippen molar-refractivity contribution < 1.29 is 14.8 Å². The molecule has 1 rings (SSSR count). The molecule has 0 aromatic carbocycles. The van der Waals surface area contributed by atoms with Gasteiger partial charge in [-0.2, -0.15) is 5.10 Å². The van der Waals surface area contributed by atoms with Gasteiger partial charge < -0.3 is 5.11 Å². The number of hydrazone groups is 1. The molecule has 1 heterocycles. The summed E-state index contributed by atoms with van der Waals surface area (Å²) in [5, 5.41) is 22.6. The van der Waals surface area contributed by atoms with E-state index in [9.17, 15) is 14.9 Å². The van der Waals surface area contributed by atoms with E-state index >= 15 is 0 Å². The van der Waals surface area contributed by atoms with E-state index < -0.39 is 4.92 Å². The highest BCUT2D eigenvalue weighted by Crippen LogP contribution is 2.22. The molecule has 0 bridgehead atoms. The summed E-state index contributed by atoms with van der Waals surface area (Å²) in [5.74, 6) is -0.304. The molecule has 1 amide bonds. The van der Waals surface area contributed by atoms with E-state index in [-0.39, 0.29) is 23.9 Å². The highest BCUT2D eigenvalue weighted by atomic mass is 32.1. The third kappa shape index (κ3) is 4.70. The lowest BCUT2D eigenvalue weighted by Crippen LogP contribution is -2.17. The molecule has 0 spiro atoms. The number of aliphatic hydroxyl groups is 1. The Hall–Kier alpha value is -1.80. The Morgan fingerprint density at radius 2 is 2.41 bits per heavy atom. The largest absolute Gasteiger partial charge is 0.396 e. The third-order valence-corrected chi connectivity index (χ3v) is 2.71. The molecule has 0 saturated heterocycles. The summed E-state index contributed by atoms with van der Waals surface area (Å²) in [6, 6.07) is 2.92. The number of nitro groups is 1. The Kier molecular flexibility index (Phi) is 5.24. The van der Waals surface area contributed by atoms with Gasteiger partial charge in [0.15, 0.2) is 0 Å². The van der Waals surface area contributed by atoms with Crippen molar-refractivity contribution in [2.24, 2.45) is 5.10 Å². The van der Waals surface area contributed by atoms with Gasteiger partial charge in [0, 0.05) is 19.1 Å². The van der Waals surface area contributed by atoms with Crippen molar-refractivity contribution in [1.29, 1.82) is 0 Å². The Balaban J connectivity index is 2.42. The smallest absolute Gasteiger partial charge is 0.324 e. The molecule has 1 aromatic rings. The minimum Gasteiger partial charge on any atom is -0.396 e. The Labute approximate surface area is 101 Å². The van der Waals surface area contributed by atoms with Gasteiger partial charge in [-0.05, 0) is 12.5 Å². The van der Waals surface area contributed by atoms with E-state index in [1.54, 1.807) is 6.07 Å². The average molecular weight is 257 g/mol. The Morgan fingerprint density at radius 1 is 1.65 bits per heavy atom. The van der Waals surface area contributed by atoms with Crippen molar-refractivity contribution in [3.8, 4) is 0 Å². The zero-order valence-electron chi connectivity index (χ0n) is 8.83. The Bertz CT molecular complexity index is 430. The van der Waals surface area contributed by atoms with Gasteiger partial charge in [-0.25, -0.2) is 5.43 Å². The fourth-order valence-electron chi connectivity index (χ4n) is 0.973. The van der Waals surface area contributed by atoms with Crippen LogP contribution in [-0.2, 0) is 4.79 Å². The lowest BCUT2D eigenvalue weighted by molar-refractivity contribution is -0.380. The van der Waals surface area contributed by atoms with Gasteiger partial charge in [0.05, 0.1) is 16.0 Å². The number of hydrogen-bond acceptors (Lipinski definition) is 6. The second-order valence-electron chi connectivity index (χ2n) is 3.05. The first-order valence-electron chi connectivity index (χ1n) is 4.80. The van der Waals surface area contributed by atoms with Crippen molar-refractivity contribution in [2.45, 2.75) is 12.8 Å². The van der Waals surface area contributed by atoms with Gasteiger partial charge in [-0.1, -0.05) is 11.3 Å². The zero-order chi connectivity index (χ0) is 12.7. The second-order valence-corrected chi connectivity index (χ2v) is 4.15. The van der Waals surface area contributed by atoms with Crippen LogP contribution in [0, 0.1) is 10.1 Å². The molecule has 0 aliphatic carbocycles. The molecule has 0 aliphatic heterocycles. The normalized spacial score (nSPS) is 10.6. The SMILES string of the molecule is O=C(CCCO)N/N=C\c1ccc([N+](=O)[O-])s1. The number of thiophene rings is 1. The van der Waals surface area contributed by atoms with Gasteiger partial charge in [-0.15, -0.1) is 0 Å². The fourth-order valence-corrected chi connectivity index (χ4v) is 1.67. The van der Waals surface area contributed by atoms with E-state index in [0.717, 1.165) is 11.3 Å². The lowest BCUT2D eigenvalue weighted by atomic mass is 10.3. The molecule has 0 aliphatic rings. The first-order chi connectivity index (χ1) is 8.13. The summed E-state index contributed by atoms with van der Waals surface area (Å²) in [6.07, 6.45) is 1.92. The predicted octanol–water partition coefficient (Wildman–Crippen LogP) is 0.879. The lowest BCUT2D eigenvalue weighted by Gasteiger charge is -1.96. The number of rotatable bonds is 6. The van der Waals surface area contributed by atoms with Gasteiger partial charge in [0.2, 0.25) is 5.91 Å². The molecule has 0 atom stereocenters. The van der Waals surface area contributed by atoms with Crippen LogP contribution in [-0.4, -0.2) is 28.8 Å². The highest BCUT2D eigenvalue weighted by Gasteiger charge is 2.07. The van der Waals surface area contributed by atoms with E-state index in [4.69, 9.17) is 5.11 Å². The van der Waals surface area contributed by atoms with Gasteiger partial charge in [0.25, 0.3) is 0 Å². The third-order valence-electron chi connectivity index (χ3n) is 1.74. The summed E-state index contributed by atoms with van der Waals surface area (Å²) in [4.78, 5) is 21.6. The predicted molar refractivity (Wildman–Crippen MR) is 63.0 cm³/mol. The van der Waals surface area contributed by atoms with Crippen LogP contribution in [0.2, 0.25) is 0 Å². The fraction of sp³-hybridized carbons (Fsp3) is 0.333. The van der Waals surface area contributed by atoms with Crippen molar-refractivity contribution >= 4 is 28.5 Å². The molecule has 17 heavy (non-hydrogen) atoms. The number of nitrogens with one attached hydrogen (secondary N) is 1. The molecule has 1 aromatic heterocycles. The summed E-state index contributed by atoms with van der Waals surface area (Å²) in [7, 11) is 0. The molecule has 2 N–H and O–H groups in total. The molecule has 0 saturated carbocycles. The number of hydrogen-bond donors (Lipinski definition) is 2. The van der Waals surface area contributed by atoms with Gasteiger partial charge in [0.1, 0.15) is 0 Å². The quantitative estimate of drug-likeness (QED) is 0.448. The van der Waals surface area contributed by atoms with E-state index in [0.29, 0.717) is 11.3 Å². The van der Waals surface area contributed by atoms with Gasteiger partial charge in [-0.3, -0.25) is 14.9 Å². The van der Waals surface area contributed by atoms with E-state index in [1.807, 2.05) is 0 Å². The zero-order valence-corrected chi connectivity index (χ0v) is 9.64. The molecule has 0 radical (unpaired) electrons. The molecular weight excluding hydrogens is 246 g/mol. The number of amides is 1. The van der Waals surface area contributed by atoms with Crippen molar-refractivity contribution in [1.82, 2.24) is 5.43 Å².